The SMILES string of the molecule is O=C(c1ccc(Cl)cc1)C1CCN(CC[C@H]2CCCN2S(=O)(=O)c2ccc3c(c2)NCC=C3)CC1. The number of rotatable bonds is 7. The average molecular weight is 514 g/mol. The Balaban J connectivity index is 1.16. The lowest BCUT2D eigenvalue weighted by atomic mass is 9.89. The molecule has 0 spiro atoms. The molecule has 3 aliphatic heterocycles. The second-order valence-corrected chi connectivity index (χ2v) is 12.0. The fraction of sp³-hybridized carbons (Fsp3) is 0.444. The number of likely N-dealkylation sites (tertiary alicyclic amines) is 1. The van der Waals surface area contributed by atoms with Crippen molar-refractivity contribution in [2.24, 2.45) is 5.92 Å². The molecular formula is C27H32ClN3O3S. The maximum Gasteiger partial charge on any atom is 0.243 e. The van der Waals surface area contributed by atoms with Crippen LogP contribution in [-0.2, 0) is 10.0 Å². The minimum absolute atomic E-state index is 0.0253. The third-order valence-corrected chi connectivity index (χ3v) is 9.73. The summed E-state index contributed by atoms with van der Waals surface area (Å²) in [6.45, 7) is 3.88. The highest BCUT2D eigenvalue weighted by Crippen LogP contribution is 2.32. The van der Waals surface area contributed by atoms with Crippen molar-refractivity contribution < 1.29 is 13.2 Å². The van der Waals surface area contributed by atoms with E-state index in [1.807, 2.05) is 30.4 Å². The Labute approximate surface area is 213 Å². The lowest BCUT2D eigenvalue weighted by Gasteiger charge is -2.33. The number of benzene rings is 2. The summed E-state index contributed by atoms with van der Waals surface area (Å²) in [5.41, 5.74) is 2.62. The first-order chi connectivity index (χ1) is 16.9. The van der Waals surface area contributed by atoms with E-state index in [1.54, 1.807) is 28.6 Å². The van der Waals surface area contributed by atoms with Crippen molar-refractivity contribution >= 4 is 39.2 Å². The van der Waals surface area contributed by atoms with Gasteiger partial charge in [-0.05, 0) is 93.7 Å². The van der Waals surface area contributed by atoms with Crippen molar-refractivity contribution in [3.05, 3.63) is 64.7 Å². The minimum Gasteiger partial charge on any atom is -0.381 e. The molecule has 1 atom stereocenters. The van der Waals surface area contributed by atoms with E-state index in [2.05, 4.69) is 10.2 Å². The van der Waals surface area contributed by atoms with Gasteiger partial charge in [0.05, 0.1) is 4.90 Å². The minimum atomic E-state index is -3.53. The van der Waals surface area contributed by atoms with E-state index in [4.69, 9.17) is 11.6 Å². The maximum absolute atomic E-state index is 13.5. The van der Waals surface area contributed by atoms with Crippen LogP contribution in [0.2, 0.25) is 5.02 Å². The van der Waals surface area contributed by atoms with E-state index in [1.165, 1.54) is 0 Å². The van der Waals surface area contributed by atoms with E-state index >= 15 is 0 Å². The molecule has 0 aromatic heterocycles. The molecule has 8 heteroatoms. The summed E-state index contributed by atoms with van der Waals surface area (Å²) in [5, 5.41) is 3.90. The van der Waals surface area contributed by atoms with Gasteiger partial charge in [0.25, 0.3) is 0 Å². The van der Waals surface area contributed by atoms with Crippen molar-refractivity contribution in [1.82, 2.24) is 9.21 Å². The van der Waals surface area contributed by atoms with Crippen LogP contribution in [0, 0.1) is 5.92 Å². The van der Waals surface area contributed by atoms with Gasteiger partial charge in [-0.15, -0.1) is 0 Å². The van der Waals surface area contributed by atoms with Crippen molar-refractivity contribution in [3.63, 3.8) is 0 Å². The lowest BCUT2D eigenvalue weighted by Crippen LogP contribution is -2.41. The lowest BCUT2D eigenvalue weighted by molar-refractivity contribution is 0.0835. The quantitative estimate of drug-likeness (QED) is 0.532. The third-order valence-electron chi connectivity index (χ3n) is 7.53. The van der Waals surface area contributed by atoms with Gasteiger partial charge in [-0.3, -0.25) is 4.79 Å². The number of halogens is 1. The molecule has 2 fully saturated rings. The van der Waals surface area contributed by atoms with Crippen LogP contribution in [0.1, 0.15) is 48.0 Å². The zero-order chi connectivity index (χ0) is 24.4. The predicted molar refractivity (Wildman–Crippen MR) is 140 cm³/mol. The summed E-state index contributed by atoms with van der Waals surface area (Å²) in [6.07, 6.45) is 8.34. The third kappa shape index (κ3) is 5.33. The molecule has 5 rings (SSSR count). The summed E-state index contributed by atoms with van der Waals surface area (Å²) >= 11 is 5.95. The molecule has 2 saturated heterocycles. The van der Waals surface area contributed by atoms with Crippen molar-refractivity contribution in [3.8, 4) is 0 Å². The normalized spacial score (nSPS) is 21.6. The zero-order valence-electron chi connectivity index (χ0n) is 19.8. The second kappa shape index (κ2) is 10.4. The molecule has 0 unspecified atom stereocenters. The van der Waals surface area contributed by atoms with Crippen molar-refractivity contribution in [2.75, 3.05) is 38.0 Å². The molecule has 3 heterocycles. The van der Waals surface area contributed by atoms with Gasteiger partial charge < -0.3 is 10.2 Å². The first kappa shape index (κ1) is 24.5. The molecule has 3 aliphatic rings. The van der Waals surface area contributed by atoms with Gasteiger partial charge in [0.1, 0.15) is 0 Å². The molecule has 2 aromatic carbocycles. The van der Waals surface area contributed by atoms with Gasteiger partial charge in [0.15, 0.2) is 5.78 Å². The van der Waals surface area contributed by atoms with E-state index in [-0.39, 0.29) is 17.7 Å². The fourth-order valence-electron chi connectivity index (χ4n) is 5.50. The molecular weight excluding hydrogens is 482 g/mol. The monoisotopic (exact) mass is 513 g/mol. The molecule has 0 bridgehead atoms. The highest BCUT2D eigenvalue weighted by molar-refractivity contribution is 7.89. The Hall–Kier alpha value is -2.19. The Morgan fingerprint density at radius 2 is 1.80 bits per heavy atom. The summed E-state index contributed by atoms with van der Waals surface area (Å²) in [6, 6.07) is 12.5. The molecule has 0 saturated carbocycles. The van der Waals surface area contributed by atoms with Crippen LogP contribution in [0.5, 0.6) is 0 Å². The number of carbonyl (C=O) groups excluding carboxylic acids is 1. The van der Waals surface area contributed by atoms with Gasteiger partial charge in [-0.2, -0.15) is 4.31 Å². The first-order valence-corrected chi connectivity index (χ1v) is 14.3. The highest BCUT2D eigenvalue weighted by atomic mass is 35.5. The number of nitrogens with one attached hydrogen (secondary N) is 1. The Bertz CT molecular complexity index is 1200. The summed E-state index contributed by atoms with van der Waals surface area (Å²) in [5.74, 6) is 0.243. The number of sulfonamides is 1. The van der Waals surface area contributed by atoms with Crippen LogP contribution in [-0.4, -0.2) is 62.2 Å². The van der Waals surface area contributed by atoms with Gasteiger partial charge in [-0.25, -0.2) is 8.42 Å². The average Bonchev–Trinajstić information content (AvgIpc) is 3.37. The summed E-state index contributed by atoms with van der Waals surface area (Å²) in [4.78, 5) is 15.6. The Kier molecular flexibility index (Phi) is 7.30. The number of carbonyl (C=O) groups is 1. The number of anilines is 1. The van der Waals surface area contributed by atoms with E-state index in [0.717, 1.165) is 68.6 Å². The number of Topliss-reactive ketones (excluding diaryl/α,β-unsaturated/α-hetero) is 1. The second-order valence-electron chi connectivity index (χ2n) is 9.72. The molecule has 2 aromatic rings. The Morgan fingerprint density at radius 1 is 1.03 bits per heavy atom. The zero-order valence-corrected chi connectivity index (χ0v) is 21.4. The van der Waals surface area contributed by atoms with Crippen LogP contribution in [0.3, 0.4) is 0 Å². The van der Waals surface area contributed by atoms with Crippen LogP contribution in [0.4, 0.5) is 5.69 Å². The van der Waals surface area contributed by atoms with Gasteiger partial charge in [0.2, 0.25) is 10.0 Å². The van der Waals surface area contributed by atoms with Crippen LogP contribution in [0.15, 0.2) is 53.4 Å². The van der Waals surface area contributed by atoms with E-state index in [9.17, 15) is 13.2 Å². The fourth-order valence-corrected chi connectivity index (χ4v) is 7.38. The summed E-state index contributed by atoms with van der Waals surface area (Å²) in [7, 11) is -3.53. The highest BCUT2D eigenvalue weighted by Gasteiger charge is 2.36. The smallest absolute Gasteiger partial charge is 0.243 e. The summed E-state index contributed by atoms with van der Waals surface area (Å²) < 4.78 is 28.7. The molecule has 0 aliphatic carbocycles. The maximum atomic E-state index is 13.5. The number of hydrogen-bond donors (Lipinski definition) is 1. The van der Waals surface area contributed by atoms with Gasteiger partial charge in [-0.1, -0.05) is 29.8 Å². The van der Waals surface area contributed by atoms with Gasteiger partial charge in [0, 0.05) is 41.3 Å². The van der Waals surface area contributed by atoms with Crippen molar-refractivity contribution in [2.45, 2.75) is 43.0 Å². The van der Waals surface area contributed by atoms with Crippen LogP contribution in [0.25, 0.3) is 6.08 Å². The van der Waals surface area contributed by atoms with E-state index < -0.39 is 10.0 Å². The van der Waals surface area contributed by atoms with Crippen LogP contribution >= 0.6 is 11.6 Å². The topological polar surface area (TPSA) is 69.7 Å². The molecule has 0 amide bonds. The first-order valence-electron chi connectivity index (χ1n) is 12.5. The number of piperidine rings is 1. The van der Waals surface area contributed by atoms with Crippen molar-refractivity contribution in [1.29, 1.82) is 0 Å². The largest absolute Gasteiger partial charge is 0.381 e. The standard InChI is InChI=1S/C27H32ClN3O3S/c28-23-8-5-21(6-9-23)27(32)22-11-16-30(17-12-22)18-13-24-4-2-15-31(24)35(33,34)25-10-7-20-3-1-14-29-26(20)19-25/h1,3,5-10,19,22,24,29H,2,4,11-18H2/t24-/m1/s1. The molecule has 1 N–H and O–H groups in total. The van der Waals surface area contributed by atoms with Gasteiger partial charge >= 0.3 is 0 Å². The number of hydrogen-bond acceptors (Lipinski definition) is 5. The molecule has 35 heavy (non-hydrogen) atoms. The number of nitrogens with zero attached hydrogens (tertiary/aromatic N) is 2. The van der Waals surface area contributed by atoms with E-state index in [0.29, 0.717) is 23.0 Å². The number of ketones is 1. The molecule has 186 valence electrons. The predicted octanol–water partition coefficient (Wildman–Crippen LogP) is 4.92. The molecule has 6 nitrogen and oxygen atoms in total. The molecule has 0 radical (unpaired) electrons. The van der Waals surface area contributed by atoms with Crippen LogP contribution < -0.4 is 5.32 Å². The number of fused-ring (bicyclic) bond motifs is 1. The Morgan fingerprint density at radius 3 is 2.57 bits per heavy atom.